The second-order valence-corrected chi connectivity index (χ2v) is 14.2. The highest BCUT2D eigenvalue weighted by atomic mass is 32.2. The maximum absolute atomic E-state index is 14.3. The van der Waals surface area contributed by atoms with E-state index in [1.807, 2.05) is 42.5 Å². The fourth-order valence-electron chi connectivity index (χ4n) is 6.57. The third-order valence-corrected chi connectivity index (χ3v) is 11.4. The Kier molecular flexibility index (Phi) is 9.43. The number of aliphatic hydroxyl groups is 7. The number of benzene rings is 2. The van der Waals surface area contributed by atoms with E-state index in [0.29, 0.717) is 15.9 Å². The van der Waals surface area contributed by atoms with E-state index in [2.05, 4.69) is 0 Å². The standard InChI is InChI=1S/C32H36N2O11S2/c35-12-18-22(37)23(38)25(40)30(43-18)45-27-19(13-36)44-31(26(41)24(27)39)47-32-33-28-21(17-7-3-4-8-20(17)46-28)29(42)34(32)16-10-9-14-5-1-2-6-15(14)11-16/h1-2,5-6,9-11,18-19,22-27,30-31,35-41H,3-4,7-8,12-13H2/t18-,19-,22+,23+,24-,25-,26-,27-,30+,31-/m0/s1. The first-order valence-corrected chi connectivity index (χ1v) is 17.2. The number of aliphatic hydroxyl groups excluding tert-OH is 7. The van der Waals surface area contributed by atoms with Gasteiger partial charge in [0.2, 0.25) is 0 Å². The number of thiophene rings is 1. The Morgan fingerprint density at radius 1 is 0.872 bits per heavy atom. The number of fused-ring (bicyclic) bond motifs is 4. The molecule has 15 heteroatoms. The van der Waals surface area contributed by atoms with Gasteiger partial charge in [0, 0.05) is 4.88 Å². The van der Waals surface area contributed by atoms with Crippen molar-refractivity contribution in [2.75, 3.05) is 13.2 Å². The molecule has 2 aromatic carbocycles. The summed E-state index contributed by atoms with van der Waals surface area (Å²) in [7, 11) is 0. The van der Waals surface area contributed by atoms with Gasteiger partial charge < -0.3 is 50.0 Å². The summed E-state index contributed by atoms with van der Waals surface area (Å²) in [4.78, 5) is 21.0. The molecule has 13 nitrogen and oxygen atoms in total. The second-order valence-electron chi connectivity index (χ2n) is 12.1. The Morgan fingerprint density at radius 3 is 2.38 bits per heavy atom. The number of thioether (sulfide) groups is 1. The van der Waals surface area contributed by atoms with Crippen molar-refractivity contribution in [2.24, 2.45) is 0 Å². The highest BCUT2D eigenvalue weighted by molar-refractivity contribution is 7.99. The van der Waals surface area contributed by atoms with Gasteiger partial charge >= 0.3 is 0 Å². The van der Waals surface area contributed by atoms with Gasteiger partial charge in [-0.3, -0.25) is 9.36 Å². The van der Waals surface area contributed by atoms with Crippen LogP contribution in [-0.2, 0) is 27.1 Å². The number of rotatable bonds is 7. The van der Waals surface area contributed by atoms with Crippen molar-refractivity contribution >= 4 is 44.1 Å². The molecular formula is C32H36N2O11S2. The first-order valence-electron chi connectivity index (χ1n) is 15.5. The molecule has 252 valence electrons. The lowest BCUT2D eigenvalue weighted by Gasteiger charge is -2.45. The van der Waals surface area contributed by atoms with Crippen LogP contribution in [-0.4, -0.2) is 119 Å². The first kappa shape index (κ1) is 33.0. The summed E-state index contributed by atoms with van der Waals surface area (Å²) < 4.78 is 18.6. The maximum atomic E-state index is 14.3. The minimum absolute atomic E-state index is 0.220. The number of ether oxygens (including phenoxy) is 3. The van der Waals surface area contributed by atoms with E-state index in [1.54, 1.807) is 0 Å². The highest BCUT2D eigenvalue weighted by Gasteiger charge is 2.51. The van der Waals surface area contributed by atoms with E-state index >= 15 is 0 Å². The lowest BCUT2D eigenvalue weighted by Crippen LogP contribution is -2.64. The molecule has 4 heterocycles. The van der Waals surface area contributed by atoms with Gasteiger partial charge in [0.1, 0.15) is 59.1 Å². The lowest BCUT2D eigenvalue weighted by atomic mass is 9.97. The monoisotopic (exact) mass is 688 g/mol. The molecule has 7 N–H and O–H groups in total. The first-order chi connectivity index (χ1) is 22.7. The number of hydrogen-bond acceptors (Lipinski definition) is 14. The lowest BCUT2D eigenvalue weighted by molar-refractivity contribution is -0.338. The van der Waals surface area contributed by atoms with E-state index in [9.17, 15) is 40.5 Å². The van der Waals surface area contributed by atoms with Crippen LogP contribution in [0.1, 0.15) is 23.3 Å². The van der Waals surface area contributed by atoms with Crippen molar-refractivity contribution in [1.29, 1.82) is 0 Å². The van der Waals surface area contributed by atoms with Gasteiger partial charge in [-0.25, -0.2) is 4.98 Å². The van der Waals surface area contributed by atoms with Crippen molar-refractivity contribution in [3.05, 3.63) is 63.3 Å². The molecule has 7 rings (SSSR count). The van der Waals surface area contributed by atoms with Gasteiger partial charge in [0.25, 0.3) is 5.56 Å². The topological polar surface area (TPSA) is 204 Å². The molecule has 2 aromatic heterocycles. The summed E-state index contributed by atoms with van der Waals surface area (Å²) in [5, 5.41) is 75.7. The van der Waals surface area contributed by atoms with Crippen LogP contribution in [0.2, 0.25) is 0 Å². The second kappa shape index (κ2) is 13.4. The van der Waals surface area contributed by atoms with Gasteiger partial charge in [0.05, 0.1) is 24.3 Å². The molecule has 0 bridgehead atoms. The van der Waals surface area contributed by atoms with E-state index < -0.39 is 73.8 Å². The number of hydrogen-bond donors (Lipinski definition) is 7. The Hall–Kier alpha value is -2.51. The van der Waals surface area contributed by atoms with Crippen LogP contribution in [0.4, 0.5) is 0 Å². The van der Waals surface area contributed by atoms with Gasteiger partial charge in [0.15, 0.2) is 11.4 Å². The summed E-state index contributed by atoms with van der Waals surface area (Å²) in [6.45, 7) is -1.37. The molecule has 2 aliphatic heterocycles. The highest BCUT2D eigenvalue weighted by Crippen LogP contribution is 2.39. The average Bonchev–Trinajstić information content (AvgIpc) is 3.46. The van der Waals surface area contributed by atoms with Gasteiger partial charge in [-0.1, -0.05) is 42.1 Å². The largest absolute Gasteiger partial charge is 0.394 e. The zero-order chi connectivity index (χ0) is 33.0. The van der Waals surface area contributed by atoms with Gasteiger partial charge in [-0.05, 0) is 54.2 Å². The fourth-order valence-corrected chi connectivity index (χ4v) is 9.02. The molecule has 47 heavy (non-hydrogen) atoms. The third kappa shape index (κ3) is 5.92. The van der Waals surface area contributed by atoms with Crippen molar-refractivity contribution in [1.82, 2.24) is 9.55 Å². The normalized spacial score (nSPS) is 32.9. The zero-order valence-electron chi connectivity index (χ0n) is 25.0. The average molecular weight is 689 g/mol. The summed E-state index contributed by atoms with van der Waals surface area (Å²) >= 11 is 2.40. The Balaban J connectivity index is 1.23. The van der Waals surface area contributed by atoms with Crippen molar-refractivity contribution in [3.8, 4) is 5.69 Å². The smallest absolute Gasteiger partial charge is 0.267 e. The van der Waals surface area contributed by atoms with Crippen LogP contribution in [0.5, 0.6) is 0 Å². The van der Waals surface area contributed by atoms with E-state index in [-0.39, 0.29) is 10.7 Å². The molecule has 2 fully saturated rings. The molecule has 0 spiro atoms. The van der Waals surface area contributed by atoms with Crippen LogP contribution in [0.25, 0.3) is 26.7 Å². The molecule has 4 aromatic rings. The quantitative estimate of drug-likeness (QED) is 0.130. The van der Waals surface area contributed by atoms with Crippen molar-refractivity contribution < 1.29 is 50.0 Å². The Bertz CT molecular complexity index is 1810. The molecule has 1 aliphatic carbocycles. The summed E-state index contributed by atoms with van der Waals surface area (Å²) in [6.07, 6.45) is -10.4. The fraction of sp³-hybridized carbons (Fsp3) is 0.500. The molecule has 0 saturated carbocycles. The summed E-state index contributed by atoms with van der Waals surface area (Å²) in [5.74, 6) is 0. The minimum Gasteiger partial charge on any atom is -0.394 e. The third-order valence-electron chi connectivity index (χ3n) is 9.13. The summed E-state index contributed by atoms with van der Waals surface area (Å²) in [6, 6.07) is 13.4. The molecule has 2 saturated heterocycles. The van der Waals surface area contributed by atoms with Crippen LogP contribution < -0.4 is 5.56 Å². The SMILES string of the molecule is O=c1c2c3c(sc2nc(S[C@@H]2O[C@@H](CO)[C@H](O[C@H]4O[C@@H](CO)[C@@H](O)[C@@H](O)[C@@H]4O)[C@@H](O)[C@@H]2O)n1-c1ccc2ccccc2c1)CCCC3. The van der Waals surface area contributed by atoms with Gasteiger partial charge in [-0.2, -0.15) is 0 Å². The Morgan fingerprint density at radius 2 is 1.62 bits per heavy atom. The van der Waals surface area contributed by atoms with Crippen LogP contribution >= 0.6 is 23.1 Å². The van der Waals surface area contributed by atoms with E-state index in [1.165, 1.54) is 15.9 Å². The summed E-state index contributed by atoms with van der Waals surface area (Å²) in [5.41, 5.74) is 0.121. The van der Waals surface area contributed by atoms with Crippen LogP contribution in [0.15, 0.2) is 52.4 Å². The molecule has 0 amide bonds. The molecule has 3 aliphatic rings. The van der Waals surface area contributed by atoms with Gasteiger partial charge in [-0.15, -0.1) is 11.3 Å². The maximum Gasteiger partial charge on any atom is 0.267 e. The van der Waals surface area contributed by atoms with E-state index in [0.717, 1.165) is 58.7 Å². The zero-order valence-corrected chi connectivity index (χ0v) is 26.7. The number of nitrogens with zero attached hydrogens (tertiary/aromatic N) is 2. The molecular weight excluding hydrogens is 652 g/mol. The van der Waals surface area contributed by atoms with E-state index in [4.69, 9.17) is 19.2 Å². The number of aryl methyl sites for hydroxylation is 2. The minimum atomic E-state index is -1.77. The van der Waals surface area contributed by atoms with Crippen molar-refractivity contribution in [3.63, 3.8) is 0 Å². The van der Waals surface area contributed by atoms with Crippen molar-refractivity contribution in [2.45, 2.75) is 91.4 Å². The molecule has 10 atom stereocenters. The predicted molar refractivity (Wildman–Crippen MR) is 172 cm³/mol. The predicted octanol–water partition coefficient (Wildman–Crippen LogP) is 0.195. The Labute approximate surface area is 276 Å². The van der Waals surface area contributed by atoms with Crippen LogP contribution in [0.3, 0.4) is 0 Å². The molecule has 0 radical (unpaired) electrons. The molecule has 0 unspecified atom stereocenters. The number of aromatic nitrogens is 2. The van der Waals surface area contributed by atoms with Crippen LogP contribution in [0, 0.1) is 0 Å².